The van der Waals surface area contributed by atoms with E-state index in [0.29, 0.717) is 23.9 Å². The summed E-state index contributed by atoms with van der Waals surface area (Å²) < 4.78 is 5.09. The highest BCUT2D eigenvalue weighted by molar-refractivity contribution is 5.26. The van der Waals surface area contributed by atoms with Crippen molar-refractivity contribution in [2.24, 2.45) is 0 Å². The average Bonchev–Trinajstić information content (AvgIpc) is 2.34. The van der Waals surface area contributed by atoms with Gasteiger partial charge in [-0.25, -0.2) is 9.99 Å². The molecule has 0 spiro atoms. The first-order valence-electron chi connectivity index (χ1n) is 6.12. The van der Waals surface area contributed by atoms with E-state index in [1.54, 1.807) is 19.4 Å². The molecule has 2 rings (SSSR count). The van der Waals surface area contributed by atoms with Crippen LogP contribution in [0.3, 0.4) is 0 Å². The lowest BCUT2D eigenvalue weighted by Gasteiger charge is -2.38. The molecule has 1 aromatic heterocycles. The molecular formula is C12H20N4O. The van der Waals surface area contributed by atoms with E-state index in [2.05, 4.69) is 34.3 Å². The monoisotopic (exact) mass is 236 g/mol. The van der Waals surface area contributed by atoms with E-state index in [4.69, 9.17) is 4.74 Å². The summed E-state index contributed by atoms with van der Waals surface area (Å²) in [5, 5.41) is 2.23. The lowest BCUT2D eigenvalue weighted by Crippen LogP contribution is -2.47. The molecule has 17 heavy (non-hydrogen) atoms. The molecule has 0 saturated carbocycles. The first kappa shape index (κ1) is 12.1. The van der Waals surface area contributed by atoms with Crippen LogP contribution < -0.4 is 10.2 Å². The van der Waals surface area contributed by atoms with E-state index in [1.165, 1.54) is 19.3 Å². The Kier molecular flexibility index (Phi) is 3.78. The summed E-state index contributed by atoms with van der Waals surface area (Å²) in [6.07, 6.45) is 5.41. The zero-order chi connectivity index (χ0) is 12.3. The summed E-state index contributed by atoms with van der Waals surface area (Å²) in [6.45, 7) is 4.45. The number of hydrazine groups is 1. The van der Waals surface area contributed by atoms with Gasteiger partial charge in [-0.1, -0.05) is 6.42 Å². The second-order valence-electron chi connectivity index (χ2n) is 4.57. The normalized spacial score (nSPS) is 25.6. The third-order valence-corrected chi connectivity index (χ3v) is 3.26. The number of methoxy groups -OCH3 is 1. The molecule has 0 aromatic carbocycles. The number of rotatable bonds is 3. The SMILES string of the molecule is COc1ccnc(NN2C(C)CCCC2C)n1. The van der Waals surface area contributed by atoms with E-state index >= 15 is 0 Å². The average molecular weight is 236 g/mol. The molecule has 1 N–H and O–H groups in total. The number of hydrogen-bond acceptors (Lipinski definition) is 5. The fourth-order valence-electron chi connectivity index (χ4n) is 2.27. The van der Waals surface area contributed by atoms with Gasteiger partial charge in [-0.2, -0.15) is 4.98 Å². The maximum Gasteiger partial charge on any atom is 0.240 e. The van der Waals surface area contributed by atoms with Crippen molar-refractivity contribution in [1.82, 2.24) is 15.0 Å². The number of nitrogens with zero attached hydrogens (tertiary/aromatic N) is 3. The Hall–Kier alpha value is -1.36. The quantitative estimate of drug-likeness (QED) is 0.870. The number of piperidine rings is 1. The Labute approximate surface area is 102 Å². The van der Waals surface area contributed by atoms with E-state index in [1.807, 2.05) is 0 Å². The molecule has 1 aliphatic heterocycles. The van der Waals surface area contributed by atoms with Gasteiger partial charge in [-0.3, -0.25) is 5.43 Å². The number of aromatic nitrogens is 2. The molecule has 0 amide bonds. The van der Waals surface area contributed by atoms with E-state index < -0.39 is 0 Å². The van der Waals surface area contributed by atoms with Crippen molar-refractivity contribution in [1.29, 1.82) is 0 Å². The van der Waals surface area contributed by atoms with Crippen molar-refractivity contribution >= 4 is 5.95 Å². The Morgan fingerprint density at radius 2 is 2.06 bits per heavy atom. The summed E-state index contributed by atoms with van der Waals surface area (Å²) in [5.74, 6) is 1.18. The summed E-state index contributed by atoms with van der Waals surface area (Å²) in [5.41, 5.74) is 3.29. The van der Waals surface area contributed by atoms with Crippen LogP contribution in [-0.2, 0) is 0 Å². The molecule has 1 fully saturated rings. The Morgan fingerprint density at radius 3 is 2.71 bits per heavy atom. The van der Waals surface area contributed by atoms with Crippen LogP contribution in [0, 0.1) is 0 Å². The molecule has 1 aliphatic rings. The Morgan fingerprint density at radius 1 is 1.35 bits per heavy atom. The van der Waals surface area contributed by atoms with Gasteiger partial charge in [-0.15, -0.1) is 0 Å². The summed E-state index contributed by atoms with van der Waals surface area (Å²) >= 11 is 0. The van der Waals surface area contributed by atoms with Crippen LogP contribution in [0.15, 0.2) is 12.3 Å². The minimum Gasteiger partial charge on any atom is -0.481 e. The van der Waals surface area contributed by atoms with Crippen LogP contribution in [0.25, 0.3) is 0 Å². The summed E-state index contributed by atoms with van der Waals surface area (Å²) in [4.78, 5) is 8.47. The smallest absolute Gasteiger partial charge is 0.240 e. The molecule has 5 heteroatoms. The fourth-order valence-corrected chi connectivity index (χ4v) is 2.27. The van der Waals surface area contributed by atoms with Crippen LogP contribution in [0.1, 0.15) is 33.1 Å². The van der Waals surface area contributed by atoms with Crippen molar-refractivity contribution in [2.75, 3.05) is 12.5 Å². The Bertz CT molecular complexity index is 361. The predicted molar refractivity (Wildman–Crippen MR) is 66.8 cm³/mol. The highest BCUT2D eigenvalue weighted by Gasteiger charge is 2.25. The molecule has 2 heterocycles. The second-order valence-corrected chi connectivity index (χ2v) is 4.57. The van der Waals surface area contributed by atoms with Gasteiger partial charge < -0.3 is 4.74 Å². The lowest BCUT2D eigenvalue weighted by molar-refractivity contribution is 0.134. The standard InChI is InChI=1S/C12H20N4O/c1-9-5-4-6-10(2)16(9)15-12-13-8-7-11(14-12)17-3/h7-10H,4-6H2,1-3H3,(H,13,14,15). The third kappa shape index (κ3) is 2.85. The van der Waals surface area contributed by atoms with Gasteiger partial charge in [0.1, 0.15) is 0 Å². The molecule has 0 aliphatic carbocycles. The molecule has 2 atom stereocenters. The van der Waals surface area contributed by atoms with Crippen molar-refractivity contribution < 1.29 is 4.74 Å². The largest absolute Gasteiger partial charge is 0.481 e. The van der Waals surface area contributed by atoms with Crippen molar-refractivity contribution in [3.05, 3.63) is 12.3 Å². The molecule has 0 bridgehead atoms. The van der Waals surface area contributed by atoms with Crippen LogP contribution in [0.2, 0.25) is 0 Å². The van der Waals surface area contributed by atoms with Crippen molar-refractivity contribution in [2.45, 2.75) is 45.2 Å². The zero-order valence-electron chi connectivity index (χ0n) is 10.7. The van der Waals surface area contributed by atoms with Gasteiger partial charge in [0.05, 0.1) is 7.11 Å². The molecule has 1 aromatic rings. The number of nitrogens with one attached hydrogen (secondary N) is 1. The minimum absolute atomic E-state index is 0.508. The molecule has 5 nitrogen and oxygen atoms in total. The molecule has 0 radical (unpaired) electrons. The number of ether oxygens (including phenoxy) is 1. The van der Waals surface area contributed by atoms with Crippen molar-refractivity contribution in [3.63, 3.8) is 0 Å². The van der Waals surface area contributed by atoms with Gasteiger partial charge in [0.15, 0.2) is 0 Å². The van der Waals surface area contributed by atoms with Crippen LogP contribution in [-0.4, -0.2) is 34.2 Å². The topological polar surface area (TPSA) is 50.3 Å². The van der Waals surface area contributed by atoms with E-state index in [-0.39, 0.29) is 0 Å². The highest BCUT2D eigenvalue weighted by atomic mass is 16.5. The van der Waals surface area contributed by atoms with E-state index in [9.17, 15) is 0 Å². The van der Waals surface area contributed by atoms with Gasteiger partial charge in [0.2, 0.25) is 11.8 Å². The molecule has 2 unspecified atom stereocenters. The van der Waals surface area contributed by atoms with Crippen LogP contribution in [0.4, 0.5) is 5.95 Å². The van der Waals surface area contributed by atoms with Gasteiger partial charge in [0.25, 0.3) is 0 Å². The lowest BCUT2D eigenvalue weighted by atomic mass is 10.00. The maximum atomic E-state index is 5.09. The zero-order valence-corrected chi connectivity index (χ0v) is 10.7. The predicted octanol–water partition coefficient (Wildman–Crippen LogP) is 2.07. The minimum atomic E-state index is 0.508. The summed E-state index contributed by atoms with van der Waals surface area (Å²) in [6, 6.07) is 2.76. The third-order valence-electron chi connectivity index (χ3n) is 3.26. The first-order valence-corrected chi connectivity index (χ1v) is 6.12. The second kappa shape index (κ2) is 5.31. The van der Waals surface area contributed by atoms with Crippen LogP contribution >= 0.6 is 0 Å². The van der Waals surface area contributed by atoms with Crippen LogP contribution in [0.5, 0.6) is 5.88 Å². The van der Waals surface area contributed by atoms with E-state index in [0.717, 1.165) is 0 Å². The number of anilines is 1. The highest BCUT2D eigenvalue weighted by Crippen LogP contribution is 2.22. The molecule has 1 saturated heterocycles. The summed E-state index contributed by atoms with van der Waals surface area (Å²) in [7, 11) is 1.61. The molecule has 94 valence electrons. The van der Waals surface area contributed by atoms with Gasteiger partial charge >= 0.3 is 0 Å². The Balaban J connectivity index is 2.07. The van der Waals surface area contributed by atoms with Crippen molar-refractivity contribution in [3.8, 4) is 5.88 Å². The molecular weight excluding hydrogens is 216 g/mol. The fraction of sp³-hybridized carbons (Fsp3) is 0.667. The van der Waals surface area contributed by atoms with Gasteiger partial charge in [-0.05, 0) is 26.7 Å². The maximum absolute atomic E-state index is 5.09. The number of hydrogen-bond donors (Lipinski definition) is 1. The first-order chi connectivity index (χ1) is 8.20. The van der Waals surface area contributed by atoms with Gasteiger partial charge in [0, 0.05) is 24.3 Å².